The first-order chi connectivity index (χ1) is 30.9. The maximum atomic E-state index is 11.6. The Morgan fingerprint density at radius 2 is 0.766 bits per heavy atom. The predicted octanol–water partition coefficient (Wildman–Crippen LogP) is 15.3. The molecule has 0 saturated heterocycles. The van der Waals surface area contributed by atoms with Crippen LogP contribution in [0.5, 0.6) is 11.5 Å². The molecule has 2 aromatic carbocycles. The molecule has 0 aromatic heterocycles. The zero-order chi connectivity index (χ0) is 46.8. The highest BCUT2D eigenvalue weighted by molar-refractivity contribution is 5.86. The van der Waals surface area contributed by atoms with Gasteiger partial charge < -0.3 is 19.2 Å². The standard InChI is InChI=1S/C58H100N4O2/c1-11-17-33-61(34-18-12-2,35-19-13-3)39-27-25-29-49-41-51(57(63)53(43-49)47(7)8)45-59-55-31-23-24-32-56(55)60-46-52-42-50(44-54(48(9)10)58(52)64)30-26-28-40-62(36-20-14-4,37-21-15-5)38-22-16-6/h41-48,55-56H,11-40H2,1-10H3/p+2/t55-,56-/m0/s1. The molecule has 1 fully saturated rings. The number of unbranched alkanes of at least 4 members (excludes halogenated alkanes) is 8. The largest absolute Gasteiger partial charge is 0.507 e. The monoisotopic (exact) mass is 887 g/mol. The van der Waals surface area contributed by atoms with Crippen molar-refractivity contribution in [2.75, 3.05) is 52.4 Å². The fraction of sp³-hybridized carbons (Fsp3) is 0.759. The van der Waals surface area contributed by atoms with E-state index < -0.39 is 0 Å². The number of hydrogen-bond acceptors (Lipinski definition) is 4. The van der Waals surface area contributed by atoms with Gasteiger partial charge in [-0.1, -0.05) is 133 Å². The minimum Gasteiger partial charge on any atom is -0.507 e. The van der Waals surface area contributed by atoms with Gasteiger partial charge in [0.15, 0.2) is 0 Å². The summed E-state index contributed by atoms with van der Waals surface area (Å²) in [5.41, 5.74) is 6.36. The van der Waals surface area contributed by atoms with Crippen molar-refractivity contribution in [1.29, 1.82) is 0 Å². The SMILES string of the molecule is CCCC[N+](CCCC)(CCCC)CCCCc1cc(C=N[C@H]2CCCC[C@@H]2N=Cc2cc(CCCC[N+](CCCC)(CCCC)CCCC)cc(C(C)C)c2O)c(O)c(C(C)C)c1. The number of aromatic hydroxyl groups is 2. The smallest absolute Gasteiger partial charge is 0.127 e. The quantitative estimate of drug-likeness (QED) is 0.0418. The van der Waals surface area contributed by atoms with E-state index in [0.29, 0.717) is 11.5 Å². The van der Waals surface area contributed by atoms with Crippen LogP contribution in [-0.4, -0.2) is 96.1 Å². The summed E-state index contributed by atoms with van der Waals surface area (Å²) >= 11 is 0. The van der Waals surface area contributed by atoms with Crippen molar-refractivity contribution in [3.05, 3.63) is 57.6 Å². The van der Waals surface area contributed by atoms with Crippen LogP contribution in [0.2, 0.25) is 0 Å². The van der Waals surface area contributed by atoms with Gasteiger partial charge in [0.05, 0.1) is 64.4 Å². The van der Waals surface area contributed by atoms with Gasteiger partial charge in [-0.3, -0.25) is 9.98 Å². The maximum absolute atomic E-state index is 11.6. The van der Waals surface area contributed by atoms with E-state index in [1.165, 1.54) is 175 Å². The Hall–Kier alpha value is -2.70. The van der Waals surface area contributed by atoms with Crippen molar-refractivity contribution in [2.45, 2.75) is 234 Å². The van der Waals surface area contributed by atoms with Crippen LogP contribution in [0.4, 0.5) is 0 Å². The van der Waals surface area contributed by atoms with E-state index in [9.17, 15) is 10.2 Å². The Balaban J connectivity index is 1.78. The third-order valence-electron chi connectivity index (χ3n) is 14.8. The van der Waals surface area contributed by atoms with Crippen LogP contribution in [0.25, 0.3) is 0 Å². The molecule has 2 N–H and O–H groups in total. The van der Waals surface area contributed by atoms with E-state index >= 15 is 0 Å². The highest BCUT2D eigenvalue weighted by Gasteiger charge is 2.28. The van der Waals surface area contributed by atoms with Crippen LogP contribution in [0.15, 0.2) is 34.3 Å². The van der Waals surface area contributed by atoms with Gasteiger partial charge in [0.25, 0.3) is 0 Å². The van der Waals surface area contributed by atoms with Gasteiger partial charge in [-0.15, -0.1) is 0 Å². The first-order valence-corrected chi connectivity index (χ1v) is 27.4. The average molecular weight is 887 g/mol. The number of aryl methyl sites for hydroxylation is 2. The fourth-order valence-electron chi connectivity index (χ4n) is 10.5. The van der Waals surface area contributed by atoms with Crippen LogP contribution in [0.1, 0.15) is 243 Å². The zero-order valence-electron chi connectivity index (χ0n) is 43.7. The van der Waals surface area contributed by atoms with Crippen molar-refractivity contribution in [2.24, 2.45) is 9.98 Å². The first kappa shape index (κ1) is 55.6. The minimum absolute atomic E-state index is 0.0530. The first-order valence-electron chi connectivity index (χ1n) is 27.4. The van der Waals surface area contributed by atoms with Gasteiger partial charge >= 0.3 is 0 Å². The third kappa shape index (κ3) is 18.5. The van der Waals surface area contributed by atoms with Gasteiger partial charge in [-0.25, -0.2) is 0 Å². The molecule has 3 rings (SSSR count). The lowest BCUT2D eigenvalue weighted by Crippen LogP contribution is -2.50. The molecule has 0 bridgehead atoms. The van der Waals surface area contributed by atoms with Crippen molar-refractivity contribution < 1.29 is 19.2 Å². The summed E-state index contributed by atoms with van der Waals surface area (Å²) < 4.78 is 2.60. The molecular weight excluding hydrogens is 785 g/mol. The molecule has 0 amide bonds. The van der Waals surface area contributed by atoms with Crippen LogP contribution in [0, 0.1) is 0 Å². The summed E-state index contributed by atoms with van der Waals surface area (Å²) in [6.45, 7) is 33.3. The van der Waals surface area contributed by atoms with E-state index in [4.69, 9.17) is 9.98 Å². The van der Waals surface area contributed by atoms with Gasteiger partial charge in [-0.05, 0) is 136 Å². The number of phenols is 2. The summed E-state index contributed by atoms with van der Waals surface area (Å²) in [5.74, 6) is 1.22. The zero-order valence-corrected chi connectivity index (χ0v) is 43.7. The predicted molar refractivity (Wildman–Crippen MR) is 280 cm³/mol. The summed E-state index contributed by atoms with van der Waals surface area (Å²) in [7, 11) is 0. The molecule has 64 heavy (non-hydrogen) atoms. The average Bonchev–Trinajstić information content (AvgIpc) is 3.29. The Labute approximate surface area is 396 Å². The van der Waals surface area contributed by atoms with Crippen LogP contribution in [0.3, 0.4) is 0 Å². The van der Waals surface area contributed by atoms with Gasteiger partial charge in [0.2, 0.25) is 0 Å². The molecule has 1 aliphatic rings. The molecule has 2 aromatic rings. The highest BCUT2D eigenvalue weighted by Crippen LogP contribution is 2.33. The summed E-state index contributed by atoms with van der Waals surface area (Å²) in [6, 6.07) is 9.03. The lowest BCUT2D eigenvalue weighted by molar-refractivity contribution is -0.929. The lowest BCUT2D eigenvalue weighted by atomic mass is 9.90. The van der Waals surface area contributed by atoms with Crippen molar-refractivity contribution in [3.63, 3.8) is 0 Å². The molecular formula is C58H102N4O2+2. The second-order valence-corrected chi connectivity index (χ2v) is 21.0. The van der Waals surface area contributed by atoms with Crippen LogP contribution >= 0.6 is 0 Å². The van der Waals surface area contributed by atoms with Crippen molar-refractivity contribution >= 4 is 12.4 Å². The van der Waals surface area contributed by atoms with Gasteiger partial charge in [0.1, 0.15) is 11.5 Å². The number of phenolic OH excluding ortho intramolecular Hbond substituents is 2. The Morgan fingerprint density at radius 1 is 0.469 bits per heavy atom. The molecule has 0 radical (unpaired) electrons. The van der Waals surface area contributed by atoms with E-state index in [-0.39, 0.29) is 23.9 Å². The second-order valence-electron chi connectivity index (χ2n) is 21.0. The molecule has 364 valence electrons. The molecule has 0 unspecified atom stereocenters. The molecule has 2 atom stereocenters. The number of aliphatic imine (C=N–C) groups is 2. The van der Waals surface area contributed by atoms with Gasteiger partial charge in [0, 0.05) is 23.6 Å². The third-order valence-corrected chi connectivity index (χ3v) is 14.8. The molecule has 0 spiro atoms. The molecule has 6 nitrogen and oxygen atoms in total. The lowest BCUT2D eigenvalue weighted by Gasteiger charge is -2.39. The molecule has 1 aliphatic carbocycles. The molecule has 0 heterocycles. The van der Waals surface area contributed by atoms with E-state index in [1.54, 1.807) is 0 Å². The normalized spacial score (nSPS) is 16.4. The van der Waals surface area contributed by atoms with E-state index in [0.717, 1.165) is 60.8 Å². The van der Waals surface area contributed by atoms with Crippen molar-refractivity contribution in [1.82, 2.24) is 0 Å². The van der Waals surface area contributed by atoms with Gasteiger partial charge in [-0.2, -0.15) is 0 Å². The Kier molecular flexibility index (Phi) is 26.6. The number of rotatable bonds is 34. The number of benzene rings is 2. The highest BCUT2D eigenvalue weighted by atomic mass is 16.3. The minimum atomic E-state index is 0.0530. The van der Waals surface area contributed by atoms with Crippen LogP contribution < -0.4 is 0 Å². The van der Waals surface area contributed by atoms with E-state index in [1.807, 2.05) is 12.4 Å². The van der Waals surface area contributed by atoms with Crippen molar-refractivity contribution in [3.8, 4) is 11.5 Å². The summed E-state index contributed by atoms with van der Waals surface area (Å²) in [6.07, 6.45) is 30.7. The number of quaternary nitrogens is 2. The number of nitrogens with zero attached hydrogens (tertiary/aromatic N) is 4. The van der Waals surface area contributed by atoms with E-state index in [2.05, 4.69) is 93.5 Å². The fourth-order valence-corrected chi connectivity index (χ4v) is 10.5. The Bertz CT molecular complexity index is 1470. The molecule has 0 aliphatic heterocycles. The van der Waals surface area contributed by atoms with Crippen LogP contribution in [-0.2, 0) is 12.8 Å². The molecule has 6 heteroatoms. The maximum Gasteiger partial charge on any atom is 0.127 e. The summed E-state index contributed by atoms with van der Waals surface area (Å²) in [5, 5.41) is 23.1. The second kappa shape index (κ2) is 30.6. The topological polar surface area (TPSA) is 65.2 Å². The Morgan fingerprint density at radius 3 is 1.05 bits per heavy atom. The number of hydrogen-bond donors (Lipinski definition) is 2. The molecule has 1 saturated carbocycles. The summed E-state index contributed by atoms with van der Waals surface area (Å²) in [4.78, 5) is 10.4.